The molecule has 0 aromatic rings. The van der Waals surface area contributed by atoms with E-state index >= 15 is 0 Å². The quantitative estimate of drug-likeness (QED) is 0.0220. The topological polar surface area (TPSA) is 136 Å². The lowest BCUT2D eigenvalue weighted by atomic mass is 9.79. The molecule has 1 aliphatic heterocycles. The minimum Gasteiger partial charge on any atom is -0.481 e. The molecule has 1 rings (SSSR count). The zero-order valence-electron chi connectivity index (χ0n) is 31.5. The number of hydrogen-bond acceptors (Lipinski definition) is 7. The summed E-state index contributed by atoms with van der Waals surface area (Å²) in [7, 11) is 0. The fourth-order valence-electron chi connectivity index (χ4n) is 6.50. The number of unbranched alkanes of at least 4 members (excludes halogenated alkanes) is 16. The Morgan fingerprint density at radius 1 is 0.680 bits per heavy atom. The molecule has 2 N–H and O–H groups in total. The summed E-state index contributed by atoms with van der Waals surface area (Å²) in [4.78, 5) is 59.2. The van der Waals surface area contributed by atoms with Crippen LogP contribution >= 0.6 is 0 Å². The standard InChI is InChI=1S/C41H70O9/c1-3-5-7-13-20-26-36(27-21-16-10-9-11-17-23-29-39(43)44)49-50-37(28-22-14-8-6-4-2)31-34(38-32-35(42)33-48-41(38)47)25-19-15-12-18-24-30-40(45)46/h20,22,26,28,34,36-38H,3-19,21,23-25,27,29-33H2,1-2H3,(H,43,44)(H,45,46)/b26-20+,28-22+. The van der Waals surface area contributed by atoms with Crippen molar-refractivity contribution in [3.8, 4) is 0 Å². The minimum absolute atomic E-state index is 0.0503. The van der Waals surface area contributed by atoms with Gasteiger partial charge in [-0.05, 0) is 63.7 Å². The van der Waals surface area contributed by atoms with Crippen LogP contribution in [0, 0.1) is 11.8 Å². The van der Waals surface area contributed by atoms with E-state index in [4.69, 9.17) is 24.7 Å². The summed E-state index contributed by atoms with van der Waals surface area (Å²) in [5, 5.41) is 17.7. The molecule has 4 unspecified atom stereocenters. The molecule has 0 amide bonds. The van der Waals surface area contributed by atoms with E-state index in [0.717, 1.165) is 122 Å². The maximum absolute atomic E-state index is 12.9. The van der Waals surface area contributed by atoms with Gasteiger partial charge in [-0.15, -0.1) is 0 Å². The molecule has 1 fully saturated rings. The van der Waals surface area contributed by atoms with Gasteiger partial charge in [0, 0.05) is 19.3 Å². The van der Waals surface area contributed by atoms with Crippen LogP contribution in [-0.2, 0) is 33.7 Å². The molecule has 0 aliphatic carbocycles. The highest BCUT2D eigenvalue weighted by atomic mass is 17.2. The van der Waals surface area contributed by atoms with Crippen LogP contribution in [0.5, 0.6) is 0 Å². The number of ether oxygens (including phenoxy) is 1. The van der Waals surface area contributed by atoms with E-state index in [9.17, 15) is 19.2 Å². The monoisotopic (exact) mass is 707 g/mol. The van der Waals surface area contributed by atoms with Crippen LogP contribution in [0.25, 0.3) is 0 Å². The van der Waals surface area contributed by atoms with Crippen molar-refractivity contribution < 1.29 is 43.9 Å². The summed E-state index contributed by atoms with van der Waals surface area (Å²) in [5.74, 6) is -2.45. The molecule has 0 aromatic carbocycles. The van der Waals surface area contributed by atoms with Gasteiger partial charge in [0.1, 0.15) is 18.8 Å². The van der Waals surface area contributed by atoms with Crippen molar-refractivity contribution in [2.75, 3.05) is 6.61 Å². The van der Waals surface area contributed by atoms with Crippen molar-refractivity contribution >= 4 is 23.7 Å². The predicted molar refractivity (Wildman–Crippen MR) is 198 cm³/mol. The van der Waals surface area contributed by atoms with Gasteiger partial charge < -0.3 is 14.9 Å². The maximum Gasteiger partial charge on any atom is 0.310 e. The summed E-state index contributed by atoms with van der Waals surface area (Å²) >= 11 is 0. The van der Waals surface area contributed by atoms with Gasteiger partial charge in [-0.2, -0.15) is 0 Å². The van der Waals surface area contributed by atoms with Crippen LogP contribution in [0.3, 0.4) is 0 Å². The Hall–Kier alpha value is -2.52. The van der Waals surface area contributed by atoms with Gasteiger partial charge in [0.05, 0.1) is 5.92 Å². The fourth-order valence-corrected chi connectivity index (χ4v) is 6.50. The van der Waals surface area contributed by atoms with Crippen molar-refractivity contribution in [3.05, 3.63) is 24.3 Å². The molecule has 9 heteroatoms. The highest BCUT2D eigenvalue weighted by molar-refractivity contribution is 5.90. The van der Waals surface area contributed by atoms with E-state index in [1.807, 2.05) is 0 Å². The summed E-state index contributed by atoms with van der Waals surface area (Å²) in [6.07, 6.45) is 31.0. The van der Waals surface area contributed by atoms with E-state index in [1.54, 1.807) is 0 Å². The van der Waals surface area contributed by atoms with Gasteiger partial charge in [0.15, 0.2) is 5.78 Å². The number of Topliss-reactive ketones (excluding diaryl/α,β-unsaturated/α-hetero) is 1. The van der Waals surface area contributed by atoms with E-state index < -0.39 is 17.9 Å². The SMILES string of the molecule is CCCCC/C=C/C(CCCCCCCCCC(=O)O)OOC(/C=C/CCCCC)CC(CCCCCCCC(=O)O)C1CC(=O)COC1=O. The first-order chi connectivity index (χ1) is 24.3. The van der Waals surface area contributed by atoms with Crippen molar-refractivity contribution in [1.29, 1.82) is 0 Å². The average Bonchev–Trinajstić information content (AvgIpc) is 3.08. The smallest absolute Gasteiger partial charge is 0.310 e. The van der Waals surface area contributed by atoms with E-state index in [-0.39, 0.29) is 55.7 Å². The largest absolute Gasteiger partial charge is 0.481 e. The number of hydrogen-bond donors (Lipinski definition) is 2. The van der Waals surface area contributed by atoms with Crippen LogP contribution in [0.1, 0.15) is 181 Å². The first kappa shape index (κ1) is 45.5. The third-order valence-electron chi connectivity index (χ3n) is 9.53. The number of carbonyl (C=O) groups excluding carboxylic acids is 2. The molecule has 4 atom stereocenters. The highest BCUT2D eigenvalue weighted by Gasteiger charge is 2.36. The molecular weight excluding hydrogens is 636 g/mol. The summed E-state index contributed by atoms with van der Waals surface area (Å²) in [6, 6.07) is 0. The highest BCUT2D eigenvalue weighted by Crippen LogP contribution is 2.32. The molecule has 1 heterocycles. The van der Waals surface area contributed by atoms with Gasteiger partial charge in [-0.3, -0.25) is 19.2 Å². The number of carboxylic acid groups (broad SMARTS) is 2. The number of ketones is 1. The molecule has 50 heavy (non-hydrogen) atoms. The summed E-state index contributed by atoms with van der Waals surface area (Å²) in [5.41, 5.74) is 0. The molecule has 0 spiro atoms. The zero-order valence-corrected chi connectivity index (χ0v) is 31.5. The third kappa shape index (κ3) is 25.4. The number of esters is 1. The van der Waals surface area contributed by atoms with Crippen molar-refractivity contribution in [3.63, 3.8) is 0 Å². The van der Waals surface area contributed by atoms with Gasteiger partial charge in [-0.1, -0.05) is 128 Å². The number of carboxylic acids is 2. The van der Waals surface area contributed by atoms with E-state index in [1.165, 1.54) is 12.8 Å². The van der Waals surface area contributed by atoms with Crippen molar-refractivity contribution in [2.24, 2.45) is 11.8 Å². The number of cyclic esters (lactones) is 1. The van der Waals surface area contributed by atoms with Gasteiger partial charge >= 0.3 is 17.9 Å². The zero-order chi connectivity index (χ0) is 36.7. The maximum atomic E-state index is 12.9. The van der Waals surface area contributed by atoms with E-state index in [2.05, 4.69) is 38.2 Å². The molecule has 1 saturated heterocycles. The Kier molecular flexibility index (Phi) is 28.4. The Labute approximate surface area is 302 Å². The van der Waals surface area contributed by atoms with E-state index in [0.29, 0.717) is 12.8 Å². The second kappa shape index (κ2) is 31.2. The lowest BCUT2D eigenvalue weighted by molar-refractivity contribution is -0.336. The number of rotatable bonds is 34. The minimum atomic E-state index is -0.766. The van der Waals surface area contributed by atoms with Crippen LogP contribution in [0.2, 0.25) is 0 Å². The van der Waals surface area contributed by atoms with Crippen LogP contribution in [-0.4, -0.2) is 52.7 Å². The lowest BCUT2D eigenvalue weighted by Gasteiger charge is -2.30. The Balaban J connectivity index is 2.91. The molecule has 288 valence electrons. The summed E-state index contributed by atoms with van der Waals surface area (Å²) < 4.78 is 5.28. The van der Waals surface area contributed by atoms with Crippen molar-refractivity contribution in [2.45, 2.75) is 193 Å². The Morgan fingerprint density at radius 2 is 1.16 bits per heavy atom. The second-order valence-corrected chi connectivity index (χ2v) is 14.2. The predicted octanol–water partition coefficient (Wildman–Crippen LogP) is 10.5. The Bertz CT molecular complexity index is 960. The molecule has 9 nitrogen and oxygen atoms in total. The van der Waals surface area contributed by atoms with Crippen LogP contribution in [0.4, 0.5) is 0 Å². The van der Waals surface area contributed by atoms with Crippen LogP contribution in [0.15, 0.2) is 24.3 Å². The van der Waals surface area contributed by atoms with Gasteiger partial charge in [-0.25, -0.2) is 9.78 Å². The second-order valence-electron chi connectivity index (χ2n) is 14.2. The fraction of sp³-hybridized carbons (Fsp3) is 0.805. The average molecular weight is 707 g/mol. The number of aliphatic carboxylic acids is 2. The molecule has 0 radical (unpaired) electrons. The Morgan fingerprint density at radius 3 is 1.70 bits per heavy atom. The lowest BCUT2D eigenvalue weighted by Crippen LogP contribution is -2.37. The van der Waals surface area contributed by atoms with Crippen LogP contribution < -0.4 is 0 Å². The number of allylic oxidation sites excluding steroid dienone is 2. The first-order valence-electron chi connectivity index (χ1n) is 20.0. The third-order valence-corrected chi connectivity index (χ3v) is 9.53. The molecule has 0 saturated carbocycles. The molecule has 0 aromatic heterocycles. The summed E-state index contributed by atoms with van der Waals surface area (Å²) in [6.45, 7) is 4.23. The molecule has 0 bridgehead atoms. The normalized spacial score (nSPS) is 17.0. The van der Waals surface area contributed by atoms with Gasteiger partial charge in [0.2, 0.25) is 0 Å². The van der Waals surface area contributed by atoms with Gasteiger partial charge in [0.25, 0.3) is 0 Å². The first-order valence-corrected chi connectivity index (χ1v) is 20.0. The number of carbonyl (C=O) groups is 4. The molecule has 1 aliphatic rings. The van der Waals surface area contributed by atoms with Crippen molar-refractivity contribution in [1.82, 2.24) is 0 Å². The molecular formula is C41H70O9.